The molecule has 1 unspecified atom stereocenters. The van der Waals surface area contributed by atoms with Crippen LogP contribution in [-0.2, 0) is 0 Å². The Bertz CT molecular complexity index is 446. The molecule has 1 rings (SSSR count). The van der Waals surface area contributed by atoms with Crippen LogP contribution in [0, 0.1) is 10.1 Å². The van der Waals surface area contributed by atoms with Gasteiger partial charge in [0.1, 0.15) is 12.0 Å². The van der Waals surface area contributed by atoms with Crippen molar-refractivity contribution in [1.82, 2.24) is 4.98 Å². The highest BCUT2D eigenvalue weighted by atomic mass is 16.6. The van der Waals surface area contributed by atoms with Gasteiger partial charge in [-0.05, 0) is 6.92 Å². The van der Waals surface area contributed by atoms with Crippen molar-refractivity contribution in [3.63, 3.8) is 0 Å². The number of nitrogens with one attached hydrogen (secondary N) is 1. The van der Waals surface area contributed by atoms with E-state index in [1.54, 1.807) is 6.92 Å². The topological polar surface area (TPSA) is 137 Å². The molecule has 0 saturated carbocycles. The molecule has 0 aliphatic carbocycles. The van der Waals surface area contributed by atoms with E-state index in [1.807, 2.05) is 0 Å². The minimum absolute atomic E-state index is 0.0279. The molecule has 0 bridgehead atoms. The van der Waals surface area contributed by atoms with Crippen LogP contribution in [0.3, 0.4) is 0 Å². The lowest BCUT2D eigenvalue weighted by molar-refractivity contribution is -0.385. The number of hydrogen-bond donors (Lipinski definition) is 3. The highest BCUT2D eigenvalue weighted by molar-refractivity contribution is 5.98. The lowest BCUT2D eigenvalue weighted by atomic mass is 10.2. The van der Waals surface area contributed by atoms with E-state index in [0.29, 0.717) is 6.54 Å². The summed E-state index contributed by atoms with van der Waals surface area (Å²) in [6, 6.07) is 0.937. The first-order valence-electron chi connectivity index (χ1n) is 4.85. The molecule has 0 aliphatic heterocycles. The third-order valence-electron chi connectivity index (χ3n) is 1.94. The largest absolute Gasteiger partial charge is 0.368 e. The minimum Gasteiger partial charge on any atom is -0.368 e. The van der Waals surface area contributed by atoms with Crippen molar-refractivity contribution in [3.8, 4) is 0 Å². The molecule has 0 radical (unpaired) electrons. The third-order valence-corrected chi connectivity index (χ3v) is 1.94. The summed E-state index contributed by atoms with van der Waals surface area (Å²) in [6.07, 6.45) is 1.05. The van der Waals surface area contributed by atoms with Crippen molar-refractivity contribution < 1.29 is 9.72 Å². The maximum absolute atomic E-state index is 11.1. The van der Waals surface area contributed by atoms with Crippen LogP contribution in [0.4, 0.5) is 11.5 Å². The Labute approximate surface area is 97.2 Å². The van der Waals surface area contributed by atoms with Gasteiger partial charge >= 0.3 is 0 Å². The summed E-state index contributed by atoms with van der Waals surface area (Å²) in [5, 5.41) is 13.3. The average Bonchev–Trinajstić information content (AvgIpc) is 2.25. The Morgan fingerprint density at radius 3 is 2.82 bits per heavy atom. The van der Waals surface area contributed by atoms with Gasteiger partial charge in [0, 0.05) is 18.7 Å². The monoisotopic (exact) mass is 239 g/mol. The Hall–Kier alpha value is -2.22. The van der Waals surface area contributed by atoms with Crippen LogP contribution in [0.25, 0.3) is 0 Å². The molecule has 5 N–H and O–H groups in total. The van der Waals surface area contributed by atoms with Crippen molar-refractivity contribution in [2.75, 3.05) is 11.9 Å². The summed E-state index contributed by atoms with van der Waals surface area (Å²) < 4.78 is 0. The zero-order valence-electron chi connectivity index (χ0n) is 9.21. The van der Waals surface area contributed by atoms with Crippen molar-refractivity contribution in [1.29, 1.82) is 0 Å². The lowest BCUT2D eigenvalue weighted by Crippen LogP contribution is -2.27. The standard InChI is InChI=1S/C9H13N5O3/c1-5(10)3-12-9-7(8(11)15)2-6(4-13-9)14(16)17/h2,4-5H,3,10H2,1H3,(H2,11,15)(H,12,13). The highest BCUT2D eigenvalue weighted by Gasteiger charge is 2.16. The van der Waals surface area contributed by atoms with E-state index < -0.39 is 10.8 Å². The lowest BCUT2D eigenvalue weighted by Gasteiger charge is -2.10. The Balaban J connectivity index is 3.04. The molecule has 0 aromatic carbocycles. The molecule has 0 spiro atoms. The Kier molecular flexibility index (Phi) is 3.94. The van der Waals surface area contributed by atoms with E-state index in [4.69, 9.17) is 11.5 Å². The smallest absolute Gasteiger partial charge is 0.288 e. The minimum atomic E-state index is -0.784. The van der Waals surface area contributed by atoms with Gasteiger partial charge in [-0.2, -0.15) is 0 Å². The van der Waals surface area contributed by atoms with E-state index >= 15 is 0 Å². The van der Waals surface area contributed by atoms with Gasteiger partial charge in [-0.3, -0.25) is 14.9 Å². The van der Waals surface area contributed by atoms with Crippen LogP contribution in [0.5, 0.6) is 0 Å². The quantitative estimate of drug-likeness (QED) is 0.482. The zero-order valence-corrected chi connectivity index (χ0v) is 9.21. The SMILES string of the molecule is CC(N)CNc1ncc([N+](=O)[O-])cc1C(N)=O. The van der Waals surface area contributed by atoms with E-state index in [2.05, 4.69) is 10.3 Å². The molecule has 1 aromatic rings. The average molecular weight is 239 g/mol. The van der Waals surface area contributed by atoms with Crippen LogP contribution >= 0.6 is 0 Å². The van der Waals surface area contributed by atoms with Crippen LogP contribution in [0.15, 0.2) is 12.3 Å². The van der Waals surface area contributed by atoms with Gasteiger partial charge in [0.05, 0.1) is 10.5 Å². The molecule has 1 aromatic heterocycles. The van der Waals surface area contributed by atoms with Gasteiger partial charge in [0.15, 0.2) is 0 Å². The Morgan fingerprint density at radius 1 is 1.71 bits per heavy atom. The first-order valence-corrected chi connectivity index (χ1v) is 4.85. The number of carbonyl (C=O) groups excluding carboxylic acids is 1. The number of anilines is 1. The number of rotatable bonds is 5. The molecule has 0 saturated heterocycles. The summed E-state index contributed by atoms with van der Waals surface area (Å²) in [5.41, 5.74) is 10.3. The van der Waals surface area contributed by atoms with Gasteiger partial charge in [0.2, 0.25) is 0 Å². The van der Waals surface area contributed by atoms with Gasteiger partial charge in [-0.25, -0.2) is 4.98 Å². The maximum atomic E-state index is 11.1. The van der Waals surface area contributed by atoms with Gasteiger partial charge in [0.25, 0.3) is 11.6 Å². The first-order chi connectivity index (χ1) is 7.91. The molecule has 1 atom stereocenters. The van der Waals surface area contributed by atoms with Crippen LogP contribution < -0.4 is 16.8 Å². The number of pyridine rings is 1. The van der Waals surface area contributed by atoms with Gasteiger partial charge in [-0.1, -0.05) is 0 Å². The number of hydrogen-bond acceptors (Lipinski definition) is 6. The maximum Gasteiger partial charge on any atom is 0.288 e. The normalized spacial score (nSPS) is 11.9. The summed E-state index contributed by atoms with van der Waals surface area (Å²) in [5.74, 6) is -0.589. The number of primary amides is 1. The predicted molar refractivity (Wildman–Crippen MR) is 61.5 cm³/mol. The summed E-state index contributed by atoms with van der Waals surface area (Å²) in [6.45, 7) is 2.15. The predicted octanol–water partition coefficient (Wildman–Crippen LogP) is -0.152. The van der Waals surface area contributed by atoms with Gasteiger partial charge < -0.3 is 16.8 Å². The molecule has 17 heavy (non-hydrogen) atoms. The molecule has 1 heterocycles. The molecular weight excluding hydrogens is 226 g/mol. The molecule has 8 heteroatoms. The fourth-order valence-electron chi connectivity index (χ4n) is 1.14. The molecule has 92 valence electrons. The molecule has 1 amide bonds. The van der Waals surface area contributed by atoms with E-state index in [9.17, 15) is 14.9 Å². The second kappa shape index (κ2) is 5.21. The number of aromatic nitrogens is 1. The summed E-state index contributed by atoms with van der Waals surface area (Å²) in [4.78, 5) is 24.8. The van der Waals surface area contributed by atoms with Crippen molar-refractivity contribution >= 4 is 17.4 Å². The first kappa shape index (κ1) is 12.8. The molecule has 8 nitrogen and oxygen atoms in total. The van der Waals surface area contributed by atoms with Crippen molar-refractivity contribution in [3.05, 3.63) is 27.9 Å². The van der Waals surface area contributed by atoms with Crippen LogP contribution in [-0.4, -0.2) is 28.4 Å². The molecule has 0 aliphatic rings. The van der Waals surface area contributed by atoms with Crippen LogP contribution in [0.2, 0.25) is 0 Å². The zero-order chi connectivity index (χ0) is 13.0. The number of carbonyl (C=O) groups is 1. The number of nitrogens with two attached hydrogens (primary N) is 2. The second-order valence-corrected chi connectivity index (χ2v) is 3.57. The Morgan fingerprint density at radius 2 is 2.35 bits per heavy atom. The molecular formula is C9H13N5O3. The third kappa shape index (κ3) is 3.38. The van der Waals surface area contributed by atoms with E-state index in [0.717, 1.165) is 12.3 Å². The van der Waals surface area contributed by atoms with Crippen molar-refractivity contribution in [2.24, 2.45) is 11.5 Å². The summed E-state index contributed by atoms with van der Waals surface area (Å²) >= 11 is 0. The fourth-order valence-corrected chi connectivity index (χ4v) is 1.14. The second-order valence-electron chi connectivity index (χ2n) is 3.57. The van der Waals surface area contributed by atoms with Crippen LogP contribution in [0.1, 0.15) is 17.3 Å². The van der Waals surface area contributed by atoms with Crippen molar-refractivity contribution in [2.45, 2.75) is 13.0 Å². The number of nitro groups is 1. The van der Waals surface area contributed by atoms with Gasteiger partial charge in [-0.15, -0.1) is 0 Å². The van der Waals surface area contributed by atoms with E-state index in [1.165, 1.54) is 0 Å². The summed E-state index contributed by atoms with van der Waals surface area (Å²) in [7, 11) is 0. The number of nitrogens with zero attached hydrogens (tertiary/aromatic N) is 2. The van der Waals surface area contributed by atoms with E-state index in [-0.39, 0.29) is 23.1 Å². The number of amides is 1. The molecule has 0 fully saturated rings. The fraction of sp³-hybridized carbons (Fsp3) is 0.333. The highest BCUT2D eigenvalue weighted by Crippen LogP contribution is 2.18.